The van der Waals surface area contributed by atoms with Gasteiger partial charge in [0.2, 0.25) is 0 Å². The lowest BCUT2D eigenvalue weighted by molar-refractivity contribution is 0.515. The fourth-order valence-electron chi connectivity index (χ4n) is 2.74. The molecule has 0 amide bonds. The Balaban J connectivity index is 2.20. The lowest BCUT2D eigenvalue weighted by atomic mass is 10.1. The third-order valence-electron chi connectivity index (χ3n) is 3.68. The summed E-state index contributed by atoms with van der Waals surface area (Å²) < 4.78 is 27.2. The van der Waals surface area contributed by atoms with Crippen LogP contribution in [0.5, 0.6) is 0 Å². The predicted octanol–water partition coefficient (Wildman–Crippen LogP) is 3.81. The topological polar surface area (TPSA) is 16.1 Å². The average molecular weight is 262 g/mol. The van der Waals surface area contributed by atoms with Crippen molar-refractivity contribution in [1.82, 2.24) is 4.98 Å². The molecule has 0 N–H and O–H groups in total. The Labute approximate surface area is 111 Å². The fourth-order valence-corrected chi connectivity index (χ4v) is 2.74. The van der Waals surface area contributed by atoms with E-state index in [-0.39, 0.29) is 5.52 Å². The number of hydrogen-bond acceptors (Lipinski definition) is 2. The number of benzene rings is 1. The van der Waals surface area contributed by atoms with Crippen molar-refractivity contribution >= 4 is 16.6 Å². The molecule has 1 saturated heterocycles. The zero-order valence-corrected chi connectivity index (χ0v) is 10.9. The van der Waals surface area contributed by atoms with Gasteiger partial charge in [-0.05, 0) is 44.4 Å². The van der Waals surface area contributed by atoms with E-state index < -0.39 is 11.6 Å². The molecule has 1 aliphatic heterocycles. The fraction of sp³-hybridized carbons (Fsp3) is 0.400. The number of piperidine rings is 1. The molecule has 1 aromatic heterocycles. The molecule has 2 heterocycles. The Morgan fingerprint density at radius 2 is 1.84 bits per heavy atom. The Morgan fingerprint density at radius 3 is 2.58 bits per heavy atom. The summed E-state index contributed by atoms with van der Waals surface area (Å²) >= 11 is 0. The van der Waals surface area contributed by atoms with Crippen LogP contribution < -0.4 is 4.90 Å². The van der Waals surface area contributed by atoms with Crippen molar-refractivity contribution in [3.63, 3.8) is 0 Å². The molecule has 0 aliphatic carbocycles. The van der Waals surface area contributed by atoms with Crippen LogP contribution in [0.2, 0.25) is 0 Å². The van der Waals surface area contributed by atoms with Crippen LogP contribution in [-0.4, -0.2) is 18.1 Å². The number of hydrogen-bond donors (Lipinski definition) is 0. The van der Waals surface area contributed by atoms with Gasteiger partial charge in [0.05, 0.1) is 0 Å². The van der Waals surface area contributed by atoms with Crippen LogP contribution in [0.1, 0.15) is 25.0 Å². The number of fused-ring (bicyclic) bond motifs is 1. The van der Waals surface area contributed by atoms with Gasteiger partial charge >= 0.3 is 0 Å². The summed E-state index contributed by atoms with van der Waals surface area (Å²) in [6, 6.07) is 4.78. The molecule has 100 valence electrons. The second kappa shape index (κ2) is 4.76. The molecule has 0 saturated carbocycles. The molecule has 2 aromatic rings. The average Bonchev–Trinajstić information content (AvgIpc) is 2.44. The maximum Gasteiger partial charge on any atom is 0.185 e. The standard InChI is InChI=1S/C15H16F2N2/c1-10-9-13(19-7-3-2-4-8-19)11-5-6-12(16)14(17)15(11)18-10/h5-6,9H,2-4,7-8H2,1H3. The van der Waals surface area contributed by atoms with Gasteiger partial charge in [-0.1, -0.05) is 0 Å². The van der Waals surface area contributed by atoms with Gasteiger partial charge in [-0.2, -0.15) is 0 Å². The van der Waals surface area contributed by atoms with E-state index in [0.717, 1.165) is 37.3 Å². The number of halogens is 2. The number of pyridine rings is 1. The summed E-state index contributed by atoms with van der Waals surface area (Å²) in [5.74, 6) is -1.69. The lowest BCUT2D eigenvalue weighted by Gasteiger charge is -2.30. The van der Waals surface area contributed by atoms with Crippen molar-refractivity contribution in [3.05, 3.63) is 35.5 Å². The number of rotatable bonds is 1. The summed E-state index contributed by atoms with van der Waals surface area (Å²) in [6.45, 7) is 3.76. The highest BCUT2D eigenvalue weighted by Crippen LogP contribution is 2.31. The molecule has 2 nitrogen and oxygen atoms in total. The molecule has 0 radical (unpaired) electrons. The minimum atomic E-state index is -0.848. The van der Waals surface area contributed by atoms with Crippen LogP contribution in [-0.2, 0) is 0 Å². The molecule has 0 spiro atoms. The highest BCUT2D eigenvalue weighted by atomic mass is 19.2. The zero-order chi connectivity index (χ0) is 13.4. The van der Waals surface area contributed by atoms with Gasteiger partial charge in [0.15, 0.2) is 11.6 Å². The molecule has 4 heteroatoms. The van der Waals surface area contributed by atoms with E-state index in [2.05, 4.69) is 9.88 Å². The van der Waals surface area contributed by atoms with Gasteiger partial charge < -0.3 is 4.90 Å². The summed E-state index contributed by atoms with van der Waals surface area (Å²) in [5, 5.41) is 0.700. The van der Waals surface area contributed by atoms with E-state index in [1.54, 1.807) is 6.07 Å². The summed E-state index contributed by atoms with van der Waals surface area (Å²) in [5.41, 5.74) is 1.83. The molecule has 0 unspecified atom stereocenters. The Kier molecular flexibility index (Phi) is 3.09. The van der Waals surface area contributed by atoms with Gasteiger partial charge in [0.1, 0.15) is 5.52 Å². The van der Waals surface area contributed by atoms with Crippen molar-refractivity contribution < 1.29 is 8.78 Å². The first-order valence-electron chi connectivity index (χ1n) is 6.67. The molecule has 1 aliphatic rings. The van der Waals surface area contributed by atoms with Crippen LogP contribution in [0, 0.1) is 18.6 Å². The summed E-state index contributed by atoms with van der Waals surface area (Å²) in [6.07, 6.45) is 3.53. The van der Waals surface area contributed by atoms with Crippen LogP contribution in [0.3, 0.4) is 0 Å². The summed E-state index contributed by atoms with van der Waals surface area (Å²) in [4.78, 5) is 6.40. The number of aryl methyl sites for hydroxylation is 1. The maximum absolute atomic E-state index is 13.9. The monoisotopic (exact) mass is 262 g/mol. The number of aromatic nitrogens is 1. The number of nitrogens with zero attached hydrogens (tertiary/aromatic N) is 2. The zero-order valence-electron chi connectivity index (χ0n) is 10.9. The highest BCUT2D eigenvalue weighted by molar-refractivity contribution is 5.92. The minimum Gasteiger partial charge on any atom is -0.371 e. The van der Waals surface area contributed by atoms with Crippen molar-refractivity contribution in [2.24, 2.45) is 0 Å². The van der Waals surface area contributed by atoms with Crippen molar-refractivity contribution in [3.8, 4) is 0 Å². The van der Waals surface area contributed by atoms with E-state index >= 15 is 0 Å². The normalized spacial score (nSPS) is 16.1. The van der Waals surface area contributed by atoms with E-state index in [9.17, 15) is 8.78 Å². The Morgan fingerprint density at radius 1 is 1.11 bits per heavy atom. The highest BCUT2D eigenvalue weighted by Gasteiger charge is 2.17. The van der Waals surface area contributed by atoms with Crippen LogP contribution >= 0.6 is 0 Å². The number of anilines is 1. The van der Waals surface area contributed by atoms with Crippen molar-refractivity contribution in [2.75, 3.05) is 18.0 Å². The van der Waals surface area contributed by atoms with Gasteiger partial charge in [0, 0.05) is 29.9 Å². The Hall–Kier alpha value is -1.71. The van der Waals surface area contributed by atoms with Crippen LogP contribution in [0.15, 0.2) is 18.2 Å². The van der Waals surface area contributed by atoms with E-state index in [0.29, 0.717) is 5.39 Å². The van der Waals surface area contributed by atoms with Crippen LogP contribution in [0.4, 0.5) is 14.5 Å². The molecule has 0 atom stereocenters. The second-order valence-corrected chi connectivity index (χ2v) is 5.09. The van der Waals surface area contributed by atoms with Gasteiger partial charge in [-0.15, -0.1) is 0 Å². The molecule has 3 rings (SSSR count). The second-order valence-electron chi connectivity index (χ2n) is 5.09. The van der Waals surface area contributed by atoms with Gasteiger partial charge in [-0.25, -0.2) is 13.8 Å². The SMILES string of the molecule is Cc1cc(N2CCCCC2)c2ccc(F)c(F)c2n1. The molecular weight excluding hydrogens is 246 g/mol. The maximum atomic E-state index is 13.9. The first kappa shape index (κ1) is 12.3. The molecule has 1 fully saturated rings. The van der Waals surface area contributed by atoms with Gasteiger partial charge in [0.25, 0.3) is 0 Å². The third-order valence-corrected chi connectivity index (χ3v) is 3.68. The Bertz CT molecular complexity index is 619. The first-order chi connectivity index (χ1) is 9.16. The predicted molar refractivity (Wildman–Crippen MR) is 72.5 cm³/mol. The third kappa shape index (κ3) is 2.15. The summed E-state index contributed by atoms with van der Waals surface area (Å²) in [7, 11) is 0. The molecule has 19 heavy (non-hydrogen) atoms. The lowest BCUT2D eigenvalue weighted by Crippen LogP contribution is -2.29. The van der Waals surface area contributed by atoms with Gasteiger partial charge in [-0.3, -0.25) is 0 Å². The van der Waals surface area contributed by atoms with Crippen LogP contribution in [0.25, 0.3) is 10.9 Å². The van der Waals surface area contributed by atoms with E-state index in [1.165, 1.54) is 12.5 Å². The van der Waals surface area contributed by atoms with E-state index in [4.69, 9.17) is 0 Å². The minimum absolute atomic E-state index is 0.139. The molecule has 1 aromatic carbocycles. The first-order valence-corrected chi connectivity index (χ1v) is 6.67. The smallest absolute Gasteiger partial charge is 0.185 e. The van der Waals surface area contributed by atoms with E-state index in [1.807, 2.05) is 13.0 Å². The molecule has 0 bridgehead atoms. The quantitative estimate of drug-likeness (QED) is 0.777. The van der Waals surface area contributed by atoms with Crippen molar-refractivity contribution in [2.45, 2.75) is 26.2 Å². The largest absolute Gasteiger partial charge is 0.371 e. The van der Waals surface area contributed by atoms with Crippen molar-refractivity contribution in [1.29, 1.82) is 0 Å². The molecular formula is C15H16F2N2.